The summed E-state index contributed by atoms with van der Waals surface area (Å²) in [4.78, 5) is 44.9. The maximum absolute atomic E-state index is 13.2. The van der Waals surface area contributed by atoms with Crippen LogP contribution in [0.1, 0.15) is 20.1 Å². The molecule has 1 fully saturated rings. The summed E-state index contributed by atoms with van der Waals surface area (Å²) in [7, 11) is -2.79. The summed E-state index contributed by atoms with van der Waals surface area (Å²) in [6, 6.07) is 0. The van der Waals surface area contributed by atoms with Crippen molar-refractivity contribution in [2.45, 2.75) is 38.4 Å². The predicted octanol–water partition coefficient (Wildman–Crippen LogP) is 0.692. The van der Waals surface area contributed by atoms with Gasteiger partial charge >= 0.3 is 7.82 Å². The number of ether oxygens (including phenoxy) is 2. The molecule has 0 saturated carbocycles. The molecule has 4 unspecified atom stereocenters. The summed E-state index contributed by atoms with van der Waals surface area (Å²) in [6.45, 7) is 2.14. The van der Waals surface area contributed by atoms with Crippen LogP contribution in [0.2, 0.25) is 0 Å². The fraction of sp³-hybridized carbons (Fsp3) is 0.632. The molecule has 1 aliphatic heterocycles. The molecule has 18 heteroatoms. The summed E-state index contributed by atoms with van der Waals surface area (Å²) in [5.41, 5.74) is 5.24. The summed E-state index contributed by atoms with van der Waals surface area (Å²) >= 11 is 1.96. The number of thioether (sulfide) groups is 2. The Bertz CT molecular complexity index is 1180. The van der Waals surface area contributed by atoms with Gasteiger partial charge in [-0.1, -0.05) is 23.5 Å². The number of hydrogen-bond acceptors (Lipinski definition) is 15. The van der Waals surface area contributed by atoms with Crippen LogP contribution in [0.3, 0.4) is 0 Å². The SMILES string of the molecule is COC1C(O)C(COP(=O)(OCCSC(C)=O)OCCSC(C)=O)OC1n1cnc2c(=O)[nH]c(N)nc21. The van der Waals surface area contributed by atoms with E-state index in [9.17, 15) is 24.1 Å². The van der Waals surface area contributed by atoms with Gasteiger partial charge in [0, 0.05) is 32.5 Å². The number of aromatic amines is 1. The predicted molar refractivity (Wildman–Crippen MR) is 135 cm³/mol. The number of carbonyl (C=O) groups is 2. The minimum Gasteiger partial charge on any atom is -0.387 e. The van der Waals surface area contributed by atoms with Gasteiger partial charge in [-0.3, -0.25) is 37.5 Å². The molecular formula is C19H28N5O10PS2. The van der Waals surface area contributed by atoms with Crippen molar-refractivity contribution < 1.29 is 42.3 Å². The lowest BCUT2D eigenvalue weighted by Crippen LogP contribution is -2.35. The minimum atomic E-state index is -4.15. The number of imidazole rings is 1. The van der Waals surface area contributed by atoms with Gasteiger partial charge in [0.25, 0.3) is 5.56 Å². The molecular weight excluding hydrogens is 553 g/mol. The Balaban J connectivity index is 1.71. The van der Waals surface area contributed by atoms with Crippen molar-refractivity contribution in [3.63, 3.8) is 0 Å². The zero-order chi connectivity index (χ0) is 27.2. The van der Waals surface area contributed by atoms with E-state index in [-0.39, 0.29) is 52.1 Å². The molecule has 0 amide bonds. The van der Waals surface area contributed by atoms with Crippen LogP contribution in [0.25, 0.3) is 11.2 Å². The van der Waals surface area contributed by atoms with Crippen molar-refractivity contribution in [3.8, 4) is 0 Å². The number of anilines is 1. The van der Waals surface area contributed by atoms with Crippen molar-refractivity contribution >= 4 is 58.7 Å². The molecule has 37 heavy (non-hydrogen) atoms. The first-order valence-electron chi connectivity index (χ1n) is 10.9. The molecule has 3 rings (SSSR count). The number of nitrogens with zero attached hydrogens (tertiary/aromatic N) is 3. The Morgan fingerprint density at radius 1 is 1.22 bits per heavy atom. The number of nitrogens with one attached hydrogen (secondary N) is 1. The lowest BCUT2D eigenvalue weighted by Gasteiger charge is -2.21. The Kier molecular flexibility index (Phi) is 10.7. The van der Waals surface area contributed by atoms with Crippen LogP contribution < -0.4 is 11.3 Å². The van der Waals surface area contributed by atoms with E-state index in [4.69, 9.17) is 28.8 Å². The monoisotopic (exact) mass is 581 g/mol. The molecule has 1 aliphatic rings. The van der Waals surface area contributed by atoms with Crippen LogP contribution in [-0.4, -0.2) is 91.6 Å². The molecule has 0 aromatic carbocycles. The lowest BCUT2D eigenvalue weighted by molar-refractivity contribution is -0.109. The van der Waals surface area contributed by atoms with Crippen LogP contribution in [-0.2, 0) is 37.2 Å². The highest BCUT2D eigenvalue weighted by molar-refractivity contribution is 8.13. The number of aliphatic hydroxyl groups is 1. The van der Waals surface area contributed by atoms with Crippen molar-refractivity contribution in [2.75, 3.05) is 44.2 Å². The summed E-state index contributed by atoms with van der Waals surface area (Å²) in [5.74, 6) is 0.300. The van der Waals surface area contributed by atoms with Gasteiger partial charge in [0.2, 0.25) is 5.95 Å². The number of fused-ring (bicyclic) bond motifs is 1. The van der Waals surface area contributed by atoms with Crippen molar-refractivity contribution in [1.29, 1.82) is 0 Å². The average molecular weight is 582 g/mol. The number of H-pyrrole nitrogens is 1. The van der Waals surface area contributed by atoms with Gasteiger partial charge in [-0.2, -0.15) is 4.98 Å². The maximum Gasteiger partial charge on any atom is 0.474 e. The van der Waals surface area contributed by atoms with Gasteiger partial charge in [0.1, 0.15) is 18.3 Å². The zero-order valence-corrected chi connectivity index (χ0v) is 22.8. The molecule has 1 saturated heterocycles. The minimum absolute atomic E-state index is 0.0139. The number of nitrogen functional groups attached to an aromatic ring is 1. The highest BCUT2D eigenvalue weighted by Gasteiger charge is 2.47. The second-order valence-electron chi connectivity index (χ2n) is 7.62. The fourth-order valence-electron chi connectivity index (χ4n) is 3.41. The zero-order valence-electron chi connectivity index (χ0n) is 20.2. The molecule has 2 aromatic rings. The number of methoxy groups -OCH3 is 1. The van der Waals surface area contributed by atoms with Crippen LogP contribution in [0.15, 0.2) is 11.1 Å². The molecule has 2 aromatic heterocycles. The van der Waals surface area contributed by atoms with Crippen LogP contribution in [0, 0.1) is 0 Å². The quantitative estimate of drug-likeness (QED) is 0.220. The third kappa shape index (κ3) is 7.84. The second kappa shape index (κ2) is 13.3. The van der Waals surface area contributed by atoms with E-state index in [0.717, 1.165) is 23.5 Å². The van der Waals surface area contributed by atoms with E-state index in [1.54, 1.807) is 0 Å². The highest BCUT2D eigenvalue weighted by atomic mass is 32.2. The number of hydrogen-bond donors (Lipinski definition) is 3. The molecule has 0 aliphatic carbocycles. The molecule has 0 spiro atoms. The number of aromatic nitrogens is 4. The largest absolute Gasteiger partial charge is 0.474 e. The van der Waals surface area contributed by atoms with Gasteiger partial charge in [-0.15, -0.1) is 0 Å². The summed E-state index contributed by atoms with van der Waals surface area (Å²) in [5, 5.41) is 10.5. The van der Waals surface area contributed by atoms with Crippen LogP contribution in [0.4, 0.5) is 5.95 Å². The Morgan fingerprint density at radius 2 is 1.84 bits per heavy atom. The van der Waals surface area contributed by atoms with Gasteiger partial charge in [-0.05, 0) is 0 Å². The number of phosphoric ester groups is 1. The Labute approximate surface area is 219 Å². The number of phosphoric acid groups is 1. The second-order valence-corrected chi connectivity index (χ2v) is 11.8. The third-order valence-electron chi connectivity index (χ3n) is 4.98. The first-order chi connectivity index (χ1) is 17.5. The molecule has 206 valence electrons. The lowest BCUT2D eigenvalue weighted by atomic mass is 10.1. The first-order valence-corrected chi connectivity index (χ1v) is 14.4. The number of aliphatic hydroxyl groups excluding tert-OH is 1. The topological polar surface area (TPSA) is 207 Å². The maximum atomic E-state index is 13.2. The van der Waals surface area contributed by atoms with Crippen LogP contribution in [0.5, 0.6) is 0 Å². The van der Waals surface area contributed by atoms with E-state index in [1.807, 2.05) is 0 Å². The molecule has 4 atom stereocenters. The molecule has 15 nitrogen and oxygen atoms in total. The van der Waals surface area contributed by atoms with E-state index < -0.39 is 44.5 Å². The van der Waals surface area contributed by atoms with E-state index >= 15 is 0 Å². The average Bonchev–Trinajstić information content (AvgIpc) is 3.38. The smallest absolute Gasteiger partial charge is 0.387 e. The standard InChI is InChI=1S/C19H28N5O10PS2/c1-10(25)36-6-4-31-35(29,32-5-7-37-11(2)26)33-8-12-14(27)15(30-3)18(34-12)24-9-21-13-16(24)22-19(20)23-17(13)28/h9,12,14-15,18,27H,4-8H2,1-3H3,(H3,20,22,23,28). The Morgan fingerprint density at radius 3 is 2.41 bits per heavy atom. The van der Waals surface area contributed by atoms with Crippen LogP contribution >= 0.6 is 31.3 Å². The molecule has 3 heterocycles. The number of carbonyl (C=O) groups excluding carboxylic acids is 2. The highest BCUT2D eigenvalue weighted by Crippen LogP contribution is 2.50. The van der Waals surface area contributed by atoms with Gasteiger partial charge in [0.15, 0.2) is 27.6 Å². The normalized spacial score (nSPS) is 22.1. The third-order valence-corrected chi connectivity index (χ3v) is 8.00. The summed E-state index contributed by atoms with van der Waals surface area (Å²) in [6.07, 6.45) is -2.91. The van der Waals surface area contributed by atoms with Gasteiger partial charge in [-0.25, -0.2) is 9.55 Å². The van der Waals surface area contributed by atoms with Crippen molar-refractivity contribution in [2.24, 2.45) is 0 Å². The van der Waals surface area contributed by atoms with Crippen molar-refractivity contribution in [1.82, 2.24) is 19.5 Å². The number of rotatable bonds is 13. The van der Waals surface area contributed by atoms with E-state index in [1.165, 1.54) is 31.9 Å². The van der Waals surface area contributed by atoms with E-state index in [2.05, 4.69) is 15.0 Å². The van der Waals surface area contributed by atoms with E-state index in [0.29, 0.717) is 0 Å². The molecule has 0 radical (unpaired) electrons. The molecule has 4 N–H and O–H groups in total. The fourth-order valence-corrected chi connectivity index (χ4v) is 5.75. The van der Waals surface area contributed by atoms with Crippen molar-refractivity contribution in [3.05, 3.63) is 16.7 Å². The number of nitrogens with two attached hydrogens (primary N) is 1. The Hall–Kier alpha value is -1.82. The van der Waals surface area contributed by atoms with Gasteiger partial charge < -0.3 is 20.3 Å². The summed E-state index contributed by atoms with van der Waals surface area (Å²) < 4.78 is 42.0. The first kappa shape index (κ1) is 29.7. The van der Waals surface area contributed by atoms with Gasteiger partial charge in [0.05, 0.1) is 26.1 Å². The molecule has 0 bridgehead atoms.